The van der Waals surface area contributed by atoms with Crippen molar-refractivity contribution in [2.24, 2.45) is 0 Å². The van der Waals surface area contributed by atoms with Crippen LogP contribution >= 0.6 is 7.60 Å². The van der Waals surface area contributed by atoms with Gasteiger partial charge in [-0.15, -0.1) is 0 Å². The SMILES string of the molecule is CC(=O)Nc1cccc(P(=O)(Oc2ccccc2)Oc2ccccc2)c1. The Kier molecular flexibility index (Phi) is 5.40. The average molecular weight is 367 g/mol. The zero-order chi connectivity index (χ0) is 18.4. The van der Waals surface area contributed by atoms with E-state index >= 15 is 0 Å². The lowest BCUT2D eigenvalue weighted by molar-refractivity contribution is -0.114. The third kappa shape index (κ3) is 4.52. The quantitative estimate of drug-likeness (QED) is 0.646. The number of hydrogen-bond acceptors (Lipinski definition) is 4. The fourth-order valence-electron chi connectivity index (χ4n) is 2.32. The second kappa shape index (κ2) is 7.89. The Balaban J connectivity index is 1.99. The molecule has 132 valence electrons. The number of rotatable bonds is 6. The Morgan fingerprint density at radius 1 is 0.808 bits per heavy atom. The number of benzene rings is 3. The third-order valence-electron chi connectivity index (χ3n) is 3.42. The molecule has 0 saturated heterocycles. The minimum absolute atomic E-state index is 0.218. The van der Waals surface area contributed by atoms with Gasteiger partial charge in [-0.3, -0.25) is 4.79 Å². The zero-order valence-corrected chi connectivity index (χ0v) is 15.1. The summed E-state index contributed by atoms with van der Waals surface area (Å²) in [4.78, 5) is 11.3. The minimum Gasteiger partial charge on any atom is -0.413 e. The first kappa shape index (κ1) is 17.8. The van der Waals surface area contributed by atoms with Crippen molar-refractivity contribution in [3.63, 3.8) is 0 Å². The van der Waals surface area contributed by atoms with Gasteiger partial charge in [0.05, 0.1) is 5.30 Å². The van der Waals surface area contributed by atoms with Gasteiger partial charge in [0.1, 0.15) is 11.5 Å². The summed E-state index contributed by atoms with van der Waals surface area (Å²) in [5, 5.41) is 3.02. The molecule has 0 unspecified atom stereocenters. The summed E-state index contributed by atoms with van der Waals surface area (Å²) in [5.74, 6) is 0.637. The summed E-state index contributed by atoms with van der Waals surface area (Å²) in [7, 11) is -3.74. The van der Waals surface area contributed by atoms with E-state index in [2.05, 4.69) is 5.32 Å². The van der Waals surface area contributed by atoms with Crippen LogP contribution in [0.5, 0.6) is 11.5 Å². The van der Waals surface area contributed by atoms with Gasteiger partial charge < -0.3 is 14.4 Å². The maximum absolute atomic E-state index is 13.6. The molecule has 0 aliphatic heterocycles. The van der Waals surface area contributed by atoms with Crippen LogP contribution in [-0.4, -0.2) is 5.91 Å². The molecule has 6 heteroatoms. The van der Waals surface area contributed by atoms with Crippen LogP contribution in [0.15, 0.2) is 84.9 Å². The summed E-state index contributed by atoms with van der Waals surface area (Å²) in [6.45, 7) is 1.41. The Morgan fingerprint density at radius 3 is 1.85 bits per heavy atom. The van der Waals surface area contributed by atoms with Gasteiger partial charge in [-0.25, -0.2) is 4.57 Å². The molecule has 0 bridgehead atoms. The van der Waals surface area contributed by atoms with E-state index in [4.69, 9.17) is 9.05 Å². The highest BCUT2D eigenvalue weighted by Crippen LogP contribution is 2.47. The smallest absolute Gasteiger partial charge is 0.413 e. The standard InChI is InChI=1S/C20H18NO4P/c1-16(22)21-17-9-8-14-20(15-17)26(23,24-18-10-4-2-5-11-18)25-19-12-6-3-7-13-19/h2-15H,1H3,(H,21,22). The Hall–Kier alpha value is -3.04. The maximum atomic E-state index is 13.6. The second-order valence-corrected chi connectivity index (χ2v) is 7.41. The molecule has 3 aromatic carbocycles. The van der Waals surface area contributed by atoms with Gasteiger partial charge in [0.2, 0.25) is 5.91 Å². The van der Waals surface area contributed by atoms with E-state index in [-0.39, 0.29) is 5.91 Å². The van der Waals surface area contributed by atoms with Crippen molar-refractivity contribution in [1.29, 1.82) is 0 Å². The zero-order valence-electron chi connectivity index (χ0n) is 14.2. The van der Waals surface area contributed by atoms with Crippen molar-refractivity contribution in [3.8, 4) is 11.5 Å². The molecule has 0 atom stereocenters. The van der Waals surface area contributed by atoms with Crippen LogP contribution in [0.4, 0.5) is 5.69 Å². The molecular weight excluding hydrogens is 349 g/mol. The van der Waals surface area contributed by atoms with E-state index in [0.717, 1.165) is 0 Å². The van der Waals surface area contributed by atoms with Crippen LogP contribution in [0.1, 0.15) is 6.92 Å². The van der Waals surface area contributed by atoms with Crippen LogP contribution in [0.2, 0.25) is 0 Å². The number of para-hydroxylation sites is 2. The first-order chi connectivity index (χ1) is 12.5. The monoisotopic (exact) mass is 367 g/mol. The Bertz CT molecular complexity index is 883. The first-order valence-electron chi connectivity index (χ1n) is 8.03. The molecule has 1 N–H and O–H groups in total. The summed E-state index contributed by atoms with van der Waals surface area (Å²) >= 11 is 0. The number of nitrogens with one attached hydrogen (secondary N) is 1. The molecular formula is C20H18NO4P. The van der Waals surface area contributed by atoms with Gasteiger partial charge in [-0.1, -0.05) is 42.5 Å². The topological polar surface area (TPSA) is 64.6 Å². The van der Waals surface area contributed by atoms with Crippen LogP contribution in [0.25, 0.3) is 0 Å². The lowest BCUT2D eigenvalue weighted by Gasteiger charge is -2.20. The van der Waals surface area contributed by atoms with Crippen LogP contribution in [0.3, 0.4) is 0 Å². The van der Waals surface area contributed by atoms with Gasteiger partial charge in [0, 0.05) is 12.6 Å². The highest BCUT2D eigenvalue weighted by Gasteiger charge is 2.31. The number of hydrogen-bond donors (Lipinski definition) is 1. The fourth-order valence-corrected chi connectivity index (χ4v) is 3.93. The summed E-state index contributed by atoms with van der Waals surface area (Å²) in [6, 6.07) is 24.3. The third-order valence-corrected chi connectivity index (χ3v) is 5.23. The molecule has 0 radical (unpaired) electrons. The Labute approximate surface area is 152 Å². The van der Waals surface area contributed by atoms with Gasteiger partial charge in [-0.05, 0) is 42.5 Å². The summed E-state index contributed by atoms with van der Waals surface area (Å²) in [5.41, 5.74) is 0.517. The van der Waals surface area contributed by atoms with Crippen LogP contribution in [0, 0.1) is 0 Å². The summed E-state index contributed by atoms with van der Waals surface area (Å²) in [6.07, 6.45) is 0. The lowest BCUT2D eigenvalue weighted by Crippen LogP contribution is -2.16. The molecule has 0 spiro atoms. The largest absolute Gasteiger partial charge is 0.462 e. The van der Waals surface area contributed by atoms with E-state index in [1.165, 1.54) is 6.92 Å². The van der Waals surface area contributed by atoms with E-state index in [1.807, 2.05) is 12.1 Å². The number of anilines is 1. The van der Waals surface area contributed by atoms with Crippen molar-refractivity contribution in [2.75, 3.05) is 5.32 Å². The highest BCUT2D eigenvalue weighted by atomic mass is 31.2. The highest BCUT2D eigenvalue weighted by molar-refractivity contribution is 7.63. The number of amides is 1. The molecule has 3 aromatic rings. The van der Waals surface area contributed by atoms with Crippen molar-refractivity contribution in [3.05, 3.63) is 84.9 Å². The van der Waals surface area contributed by atoms with E-state index in [1.54, 1.807) is 72.8 Å². The lowest BCUT2D eigenvalue weighted by atomic mass is 10.3. The maximum Gasteiger partial charge on any atom is 0.462 e. The molecule has 0 fully saturated rings. The second-order valence-electron chi connectivity index (χ2n) is 5.54. The fraction of sp³-hybridized carbons (Fsp3) is 0.0500. The van der Waals surface area contributed by atoms with Gasteiger partial charge in [-0.2, -0.15) is 0 Å². The number of carbonyl (C=O) groups is 1. The first-order valence-corrected chi connectivity index (χ1v) is 9.57. The van der Waals surface area contributed by atoms with Crippen LogP contribution < -0.4 is 19.7 Å². The van der Waals surface area contributed by atoms with Gasteiger partial charge >= 0.3 is 7.60 Å². The molecule has 3 rings (SSSR count). The minimum atomic E-state index is -3.74. The molecule has 0 aromatic heterocycles. The molecule has 26 heavy (non-hydrogen) atoms. The summed E-state index contributed by atoms with van der Waals surface area (Å²) < 4.78 is 25.2. The number of carbonyl (C=O) groups excluding carboxylic acids is 1. The predicted octanol–water partition coefficient (Wildman–Crippen LogP) is 4.62. The molecule has 0 saturated carbocycles. The molecule has 0 heterocycles. The van der Waals surface area contributed by atoms with Crippen molar-refractivity contribution >= 4 is 24.5 Å². The average Bonchev–Trinajstić information content (AvgIpc) is 2.63. The molecule has 0 aliphatic rings. The van der Waals surface area contributed by atoms with E-state index < -0.39 is 7.60 Å². The van der Waals surface area contributed by atoms with Crippen molar-refractivity contribution in [2.45, 2.75) is 6.92 Å². The van der Waals surface area contributed by atoms with Crippen LogP contribution in [-0.2, 0) is 9.36 Å². The van der Waals surface area contributed by atoms with Crippen molar-refractivity contribution < 1.29 is 18.4 Å². The van der Waals surface area contributed by atoms with Gasteiger partial charge in [0.25, 0.3) is 0 Å². The van der Waals surface area contributed by atoms with E-state index in [0.29, 0.717) is 22.5 Å². The molecule has 5 nitrogen and oxygen atoms in total. The molecule has 1 amide bonds. The molecule has 0 aliphatic carbocycles. The predicted molar refractivity (Wildman–Crippen MR) is 102 cm³/mol. The van der Waals surface area contributed by atoms with Crippen molar-refractivity contribution in [1.82, 2.24) is 0 Å². The van der Waals surface area contributed by atoms with Gasteiger partial charge in [0.15, 0.2) is 0 Å². The Morgan fingerprint density at radius 2 is 1.35 bits per heavy atom. The normalized spacial score (nSPS) is 10.8. The van der Waals surface area contributed by atoms with E-state index in [9.17, 15) is 9.36 Å².